The molecule has 0 spiro atoms. The van der Waals surface area contributed by atoms with Gasteiger partial charge in [0.15, 0.2) is 5.82 Å². The van der Waals surface area contributed by atoms with E-state index < -0.39 is 0 Å². The fraction of sp³-hybridized carbons (Fsp3) is 0.308. The average Bonchev–Trinajstić information content (AvgIpc) is 3.17. The van der Waals surface area contributed by atoms with Crippen LogP contribution in [-0.4, -0.2) is 40.8 Å². The zero-order chi connectivity index (χ0) is 16.1. The van der Waals surface area contributed by atoms with Gasteiger partial charge in [-0.3, -0.25) is 10.1 Å². The molecule has 0 unspecified atom stereocenters. The number of hydrogen-bond donors (Lipinski definition) is 1. The lowest BCUT2D eigenvalue weighted by atomic mass is 10.2. The van der Waals surface area contributed by atoms with Crippen LogP contribution in [0.1, 0.15) is 24.6 Å². The number of aryl methyl sites for hydroxylation is 2. The Hall–Kier alpha value is -3.17. The van der Waals surface area contributed by atoms with E-state index in [1.165, 1.54) is 11.0 Å². The highest BCUT2D eigenvalue weighted by Gasteiger charge is 2.12. The van der Waals surface area contributed by atoms with Gasteiger partial charge in [0.2, 0.25) is 17.7 Å². The van der Waals surface area contributed by atoms with Crippen LogP contribution >= 0.6 is 0 Å². The summed E-state index contributed by atoms with van der Waals surface area (Å²) in [5.41, 5.74) is 0. The second-order valence-electron chi connectivity index (χ2n) is 4.68. The van der Waals surface area contributed by atoms with Crippen LogP contribution in [-0.2, 0) is 11.2 Å². The summed E-state index contributed by atoms with van der Waals surface area (Å²) in [6.45, 7) is 1.75. The monoisotopic (exact) mass is 314 g/mol. The fourth-order valence-corrected chi connectivity index (χ4v) is 1.90. The van der Waals surface area contributed by atoms with Gasteiger partial charge in [-0.2, -0.15) is 19.7 Å². The minimum absolute atomic E-state index is 0.189. The lowest BCUT2D eigenvalue weighted by Crippen LogP contribution is -2.16. The Morgan fingerprint density at radius 2 is 2.13 bits per heavy atom. The van der Waals surface area contributed by atoms with Crippen LogP contribution in [0.4, 0.5) is 5.95 Å². The highest BCUT2D eigenvalue weighted by molar-refractivity contribution is 5.89. The van der Waals surface area contributed by atoms with E-state index in [1.807, 2.05) is 0 Å². The van der Waals surface area contributed by atoms with Crippen LogP contribution in [0.2, 0.25) is 0 Å². The first-order chi connectivity index (χ1) is 11.2. The summed E-state index contributed by atoms with van der Waals surface area (Å²) in [6.07, 6.45) is 5.92. The first kappa shape index (κ1) is 14.8. The van der Waals surface area contributed by atoms with Crippen molar-refractivity contribution in [2.24, 2.45) is 0 Å². The molecule has 0 radical (unpaired) electrons. The van der Waals surface area contributed by atoms with Gasteiger partial charge >= 0.3 is 0 Å². The van der Waals surface area contributed by atoms with Crippen LogP contribution in [0.3, 0.4) is 0 Å². The Balaban J connectivity index is 1.55. The summed E-state index contributed by atoms with van der Waals surface area (Å²) in [5, 5.41) is 10.4. The number of carbonyl (C=O) groups excluding carboxylic acids is 1. The Morgan fingerprint density at radius 3 is 2.87 bits per heavy atom. The second-order valence-corrected chi connectivity index (χ2v) is 4.68. The van der Waals surface area contributed by atoms with Gasteiger partial charge in [-0.05, 0) is 19.4 Å². The van der Waals surface area contributed by atoms with Crippen LogP contribution in [0.25, 0.3) is 5.95 Å². The summed E-state index contributed by atoms with van der Waals surface area (Å²) >= 11 is 0. The average molecular weight is 314 g/mol. The molecule has 0 bridgehead atoms. The summed E-state index contributed by atoms with van der Waals surface area (Å²) in [4.78, 5) is 28.2. The van der Waals surface area contributed by atoms with Crippen molar-refractivity contribution < 1.29 is 9.32 Å². The molecule has 0 aliphatic rings. The Kier molecular flexibility index (Phi) is 4.32. The van der Waals surface area contributed by atoms with Gasteiger partial charge in [0.1, 0.15) is 6.33 Å². The van der Waals surface area contributed by atoms with E-state index in [1.54, 1.807) is 25.4 Å². The van der Waals surface area contributed by atoms with Crippen molar-refractivity contribution >= 4 is 11.9 Å². The predicted molar refractivity (Wildman–Crippen MR) is 77.6 cm³/mol. The second kappa shape index (κ2) is 6.73. The van der Waals surface area contributed by atoms with E-state index in [0.29, 0.717) is 36.9 Å². The molecular weight excluding hydrogens is 300 g/mol. The molecule has 10 nitrogen and oxygen atoms in total. The maximum absolute atomic E-state index is 12.0. The maximum Gasteiger partial charge on any atom is 0.253 e. The molecule has 0 fully saturated rings. The van der Waals surface area contributed by atoms with Gasteiger partial charge in [-0.25, -0.2) is 9.97 Å². The van der Waals surface area contributed by atoms with E-state index in [4.69, 9.17) is 4.52 Å². The molecule has 0 aromatic carbocycles. The third-order valence-corrected chi connectivity index (χ3v) is 2.90. The number of nitrogens with zero attached hydrogens (tertiary/aromatic N) is 7. The predicted octanol–water partition coefficient (Wildman–Crippen LogP) is 0.710. The molecule has 3 rings (SSSR count). The minimum atomic E-state index is -0.189. The number of anilines is 1. The number of carbonyl (C=O) groups is 1. The zero-order valence-corrected chi connectivity index (χ0v) is 12.4. The molecule has 1 N–H and O–H groups in total. The molecule has 1 amide bonds. The normalized spacial score (nSPS) is 10.7. The van der Waals surface area contributed by atoms with Gasteiger partial charge < -0.3 is 4.52 Å². The molecule has 3 aromatic heterocycles. The van der Waals surface area contributed by atoms with Crippen LogP contribution in [0.5, 0.6) is 0 Å². The lowest BCUT2D eigenvalue weighted by Gasteiger charge is -2.05. The molecule has 3 heterocycles. The molecular formula is C13H14N8O2. The first-order valence-electron chi connectivity index (χ1n) is 6.99. The smallest absolute Gasteiger partial charge is 0.253 e. The number of amides is 1. The van der Waals surface area contributed by atoms with Crippen LogP contribution in [0, 0.1) is 6.92 Å². The largest absolute Gasteiger partial charge is 0.339 e. The highest BCUT2D eigenvalue weighted by Crippen LogP contribution is 2.08. The van der Waals surface area contributed by atoms with Gasteiger partial charge in [-0.15, -0.1) is 0 Å². The van der Waals surface area contributed by atoms with E-state index in [9.17, 15) is 4.79 Å². The molecule has 3 aromatic rings. The molecule has 0 saturated carbocycles. The van der Waals surface area contributed by atoms with Crippen molar-refractivity contribution in [2.75, 3.05) is 5.32 Å². The molecule has 118 valence electrons. The topological polar surface area (TPSA) is 125 Å². The summed E-state index contributed by atoms with van der Waals surface area (Å²) in [6, 6.07) is 1.69. The number of rotatable bonds is 6. The SMILES string of the molecule is Cc1noc(CCCC(=O)Nc2ncnn2-c2ncccn2)n1. The van der Waals surface area contributed by atoms with E-state index in [0.717, 1.165) is 0 Å². The van der Waals surface area contributed by atoms with Crippen molar-refractivity contribution in [3.63, 3.8) is 0 Å². The molecule has 23 heavy (non-hydrogen) atoms. The molecule has 0 saturated heterocycles. The van der Waals surface area contributed by atoms with Crippen molar-refractivity contribution in [1.29, 1.82) is 0 Å². The Morgan fingerprint density at radius 1 is 1.30 bits per heavy atom. The van der Waals surface area contributed by atoms with Gasteiger partial charge in [0.05, 0.1) is 0 Å². The first-order valence-corrected chi connectivity index (χ1v) is 6.99. The quantitative estimate of drug-likeness (QED) is 0.705. The van der Waals surface area contributed by atoms with Gasteiger partial charge in [-0.1, -0.05) is 5.16 Å². The fourth-order valence-electron chi connectivity index (χ4n) is 1.90. The summed E-state index contributed by atoms with van der Waals surface area (Å²) in [7, 11) is 0. The highest BCUT2D eigenvalue weighted by atomic mass is 16.5. The van der Waals surface area contributed by atoms with E-state index in [-0.39, 0.29) is 11.9 Å². The molecule has 0 aliphatic heterocycles. The lowest BCUT2D eigenvalue weighted by molar-refractivity contribution is -0.116. The van der Waals surface area contributed by atoms with Crippen molar-refractivity contribution in [1.82, 2.24) is 34.9 Å². The Labute approximate surface area is 131 Å². The number of nitrogens with one attached hydrogen (secondary N) is 1. The minimum Gasteiger partial charge on any atom is -0.339 e. The maximum atomic E-state index is 12.0. The summed E-state index contributed by atoms with van der Waals surface area (Å²) < 4.78 is 6.35. The third kappa shape index (κ3) is 3.73. The van der Waals surface area contributed by atoms with E-state index >= 15 is 0 Å². The molecule has 10 heteroatoms. The molecule has 0 aliphatic carbocycles. The third-order valence-electron chi connectivity index (χ3n) is 2.90. The van der Waals surface area contributed by atoms with Crippen molar-refractivity contribution in [3.05, 3.63) is 36.5 Å². The van der Waals surface area contributed by atoms with Crippen molar-refractivity contribution in [2.45, 2.75) is 26.2 Å². The van der Waals surface area contributed by atoms with Gasteiger partial charge in [0, 0.05) is 25.2 Å². The van der Waals surface area contributed by atoms with Crippen LogP contribution < -0.4 is 5.32 Å². The Bertz CT molecular complexity index is 782. The van der Waals surface area contributed by atoms with Gasteiger partial charge in [0.25, 0.3) is 5.95 Å². The van der Waals surface area contributed by atoms with Crippen molar-refractivity contribution in [3.8, 4) is 5.95 Å². The molecule has 0 atom stereocenters. The number of hydrogen-bond acceptors (Lipinski definition) is 8. The summed E-state index contributed by atoms with van der Waals surface area (Å²) in [5.74, 6) is 1.53. The van der Waals surface area contributed by atoms with E-state index in [2.05, 4.69) is 35.5 Å². The van der Waals surface area contributed by atoms with Crippen LogP contribution in [0.15, 0.2) is 29.3 Å². The standard InChI is InChI=1S/C13H14N8O2/c1-9-18-11(23-20-9)5-2-4-10(22)19-13-16-8-17-21(13)12-14-6-3-7-15-12/h3,6-8H,2,4-5H2,1H3,(H,16,17,19,22). The zero-order valence-electron chi connectivity index (χ0n) is 12.4. The number of aromatic nitrogens is 7.